The van der Waals surface area contributed by atoms with E-state index in [0.29, 0.717) is 5.70 Å². The quantitative estimate of drug-likeness (QED) is 0.307. The van der Waals surface area contributed by atoms with Crippen LogP contribution >= 0.6 is 12.2 Å². The molecule has 22 heavy (non-hydrogen) atoms. The van der Waals surface area contributed by atoms with E-state index in [2.05, 4.69) is 23.4 Å². The smallest absolute Gasteiger partial charge is 0.0906 e. The first kappa shape index (κ1) is 20.1. The van der Waals surface area contributed by atoms with Gasteiger partial charge in [0.25, 0.3) is 0 Å². The summed E-state index contributed by atoms with van der Waals surface area (Å²) in [4.78, 5) is 9.31. The molecule has 0 aromatic rings. The Balaban J connectivity index is 4.49. The molecule has 0 bridgehead atoms. The predicted octanol–water partition coefficient (Wildman–Crippen LogP) is 3.10. The molecule has 4 nitrogen and oxygen atoms in total. The summed E-state index contributed by atoms with van der Waals surface area (Å²) in [5.74, 6) is 0. The lowest BCUT2D eigenvalue weighted by molar-refractivity contribution is 0.389. The molecule has 2 N–H and O–H groups in total. The van der Waals surface area contributed by atoms with Gasteiger partial charge in [-0.2, -0.15) is 0 Å². The van der Waals surface area contributed by atoms with Gasteiger partial charge in [-0.15, -0.1) is 0 Å². The third kappa shape index (κ3) is 9.13. The van der Waals surface area contributed by atoms with E-state index in [0.717, 1.165) is 30.2 Å². The molecular formula is C17H28N4S. The van der Waals surface area contributed by atoms with Crippen molar-refractivity contribution in [2.24, 2.45) is 10.7 Å². The molecule has 0 spiro atoms. The van der Waals surface area contributed by atoms with Crippen molar-refractivity contribution in [1.29, 1.82) is 0 Å². The number of nitrogens with two attached hydrogens (primary N) is 1. The molecule has 0 saturated heterocycles. The van der Waals surface area contributed by atoms with E-state index in [1.807, 2.05) is 50.1 Å². The molecule has 0 heterocycles. The number of thiocarbonyl (C=S) groups is 1. The lowest BCUT2D eigenvalue weighted by Crippen LogP contribution is -2.34. The number of aliphatic imine (C=N–C) groups is 1. The van der Waals surface area contributed by atoms with Crippen LogP contribution < -0.4 is 5.73 Å². The fraction of sp³-hybridized carbons (Fsp3) is 0.412. The van der Waals surface area contributed by atoms with Crippen molar-refractivity contribution in [2.45, 2.75) is 20.8 Å². The Hall–Kier alpha value is -1.88. The Morgan fingerprint density at radius 1 is 1.32 bits per heavy atom. The summed E-state index contributed by atoms with van der Waals surface area (Å²) < 4.78 is 0. The lowest BCUT2D eigenvalue weighted by Gasteiger charge is -2.22. The second kappa shape index (κ2) is 11.7. The van der Waals surface area contributed by atoms with Gasteiger partial charge in [-0.1, -0.05) is 43.1 Å². The first-order chi connectivity index (χ1) is 10.4. The molecule has 0 aromatic heterocycles. The van der Waals surface area contributed by atoms with Gasteiger partial charge in [-0.05, 0) is 26.3 Å². The van der Waals surface area contributed by atoms with Gasteiger partial charge < -0.3 is 15.5 Å². The monoisotopic (exact) mass is 320 g/mol. The molecule has 0 aliphatic carbocycles. The van der Waals surface area contributed by atoms with Crippen molar-refractivity contribution in [3.05, 3.63) is 48.4 Å². The van der Waals surface area contributed by atoms with Gasteiger partial charge in [0.1, 0.15) is 0 Å². The molecule has 0 radical (unpaired) electrons. The summed E-state index contributed by atoms with van der Waals surface area (Å²) in [5, 5.41) is 0. The van der Waals surface area contributed by atoms with Crippen LogP contribution in [0.3, 0.4) is 0 Å². The van der Waals surface area contributed by atoms with Crippen LogP contribution in [0.4, 0.5) is 0 Å². The molecule has 0 atom stereocenters. The highest BCUT2D eigenvalue weighted by Gasteiger charge is 2.01. The minimum atomic E-state index is 0.555. The third-order valence-electron chi connectivity index (χ3n) is 3.08. The highest BCUT2D eigenvalue weighted by Crippen LogP contribution is 2.03. The molecule has 122 valence electrons. The van der Waals surface area contributed by atoms with E-state index in [1.54, 1.807) is 12.5 Å². The van der Waals surface area contributed by atoms with Crippen molar-refractivity contribution in [1.82, 2.24) is 9.80 Å². The van der Waals surface area contributed by atoms with E-state index >= 15 is 0 Å². The van der Waals surface area contributed by atoms with E-state index in [4.69, 9.17) is 18.0 Å². The van der Waals surface area contributed by atoms with Gasteiger partial charge in [0.15, 0.2) is 0 Å². The highest BCUT2D eigenvalue weighted by molar-refractivity contribution is 7.80. The van der Waals surface area contributed by atoms with Crippen molar-refractivity contribution < 1.29 is 0 Å². The van der Waals surface area contributed by atoms with Gasteiger partial charge in [0.05, 0.1) is 23.2 Å². The topological polar surface area (TPSA) is 44.9 Å². The van der Waals surface area contributed by atoms with E-state index in [9.17, 15) is 0 Å². The molecule has 0 saturated carbocycles. The average Bonchev–Trinajstić information content (AvgIpc) is 2.49. The second-order valence-electron chi connectivity index (χ2n) is 4.83. The van der Waals surface area contributed by atoms with Crippen LogP contribution in [-0.2, 0) is 0 Å². The van der Waals surface area contributed by atoms with E-state index < -0.39 is 0 Å². The predicted molar refractivity (Wildman–Crippen MR) is 102 cm³/mol. The van der Waals surface area contributed by atoms with Crippen LogP contribution in [0.25, 0.3) is 0 Å². The average molecular weight is 321 g/mol. The summed E-state index contributed by atoms with van der Waals surface area (Å²) in [6, 6.07) is 0. The summed E-state index contributed by atoms with van der Waals surface area (Å²) >= 11 is 5.13. The van der Waals surface area contributed by atoms with Crippen LogP contribution in [0, 0.1) is 0 Å². The fourth-order valence-corrected chi connectivity index (χ4v) is 1.49. The van der Waals surface area contributed by atoms with E-state index in [-0.39, 0.29) is 0 Å². The largest absolute Gasteiger partial charge is 0.397 e. The molecule has 0 aromatic carbocycles. The normalized spacial score (nSPS) is 12.5. The maximum Gasteiger partial charge on any atom is 0.0906 e. The molecule has 0 rings (SSSR count). The maximum atomic E-state index is 5.92. The first-order valence-corrected chi connectivity index (χ1v) is 7.76. The van der Waals surface area contributed by atoms with Gasteiger partial charge in [0, 0.05) is 26.7 Å². The summed E-state index contributed by atoms with van der Waals surface area (Å²) in [6.07, 6.45) is 11.0. The maximum absolute atomic E-state index is 5.92. The van der Waals surface area contributed by atoms with Gasteiger partial charge in [-0.25, -0.2) is 4.99 Å². The number of rotatable bonds is 9. The SMILES string of the molecule is C=C(/C=C\C=C/C)/C(N)=C/N=C/N(CC)CCN(C)C(C)=S. The zero-order chi connectivity index (χ0) is 17.0. The fourth-order valence-electron chi connectivity index (χ4n) is 1.40. The minimum Gasteiger partial charge on any atom is -0.397 e. The van der Waals surface area contributed by atoms with Crippen LogP contribution in [0.5, 0.6) is 0 Å². The Morgan fingerprint density at radius 2 is 2.00 bits per heavy atom. The van der Waals surface area contributed by atoms with Crippen LogP contribution in [0.15, 0.2) is 53.3 Å². The lowest BCUT2D eigenvalue weighted by atomic mass is 10.2. The van der Waals surface area contributed by atoms with Gasteiger partial charge in [0.2, 0.25) is 0 Å². The molecule has 0 aliphatic heterocycles. The summed E-state index contributed by atoms with van der Waals surface area (Å²) in [7, 11) is 1.99. The molecule has 5 heteroatoms. The second-order valence-corrected chi connectivity index (χ2v) is 5.42. The molecule has 0 unspecified atom stereocenters. The minimum absolute atomic E-state index is 0.555. The number of likely N-dealkylation sites (N-methyl/N-ethyl adjacent to an activating group) is 2. The molecule has 0 amide bonds. The zero-order valence-electron chi connectivity index (χ0n) is 14.1. The Kier molecular flexibility index (Phi) is 10.7. The number of hydrogen-bond acceptors (Lipinski definition) is 3. The van der Waals surface area contributed by atoms with Crippen molar-refractivity contribution in [3.8, 4) is 0 Å². The van der Waals surface area contributed by atoms with Crippen molar-refractivity contribution in [2.75, 3.05) is 26.7 Å². The van der Waals surface area contributed by atoms with Crippen molar-refractivity contribution in [3.63, 3.8) is 0 Å². The summed E-state index contributed by atoms with van der Waals surface area (Å²) in [6.45, 7) is 12.5. The third-order valence-corrected chi connectivity index (χ3v) is 3.39. The van der Waals surface area contributed by atoms with Crippen LogP contribution in [0.2, 0.25) is 0 Å². The van der Waals surface area contributed by atoms with Crippen LogP contribution in [0.1, 0.15) is 20.8 Å². The molecule has 0 aliphatic rings. The number of nitrogens with zero attached hydrogens (tertiary/aromatic N) is 3. The Labute approximate surface area is 140 Å². The Morgan fingerprint density at radius 3 is 2.55 bits per heavy atom. The zero-order valence-corrected chi connectivity index (χ0v) is 14.9. The Bertz CT molecular complexity index is 475. The van der Waals surface area contributed by atoms with Gasteiger partial charge >= 0.3 is 0 Å². The number of hydrogen-bond donors (Lipinski definition) is 1. The van der Waals surface area contributed by atoms with Crippen molar-refractivity contribution >= 4 is 23.5 Å². The number of allylic oxidation sites excluding steroid dienone is 4. The summed E-state index contributed by atoms with van der Waals surface area (Å²) in [5.41, 5.74) is 7.22. The molecule has 0 fully saturated rings. The van der Waals surface area contributed by atoms with E-state index in [1.165, 1.54) is 0 Å². The van der Waals surface area contributed by atoms with Gasteiger partial charge in [-0.3, -0.25) is 0 Å². The highest BCUT2D eigenvalue weighted by atomic mass is 32.1. The standard InChI is InChI=1S/C17H28N4S/c1-6-8-9-10-15(3)17(18)13-19-14-21(7-2)12-11-20(5)16(4)22/h6,8-10,13-14H,3,7,11-12,18H2,1-2,4-5H3/b8-6-,10-9-,17-13-,19-14+. The molecular weight excluding hydrogens is 292 g/mol. The van der Waals surface area contributed by atoms with Crippen LogP contribution in [-0.4, -0.2) is 47.8 Å². The first-order valence-electron chi connectivity index (χ1n) is 7.35.